The van der Waals surface area contributed by atoms with Crippen LogP contribution in [0, 0.1) is 17.5 Å². The Morgan fingerprint density at radius 1 is 1.04 bits per heavy atom. The Hall–Kier alpha value is -4.03. The monoisotopic (exact) mass is 668 g/mol. The van der Waals surface area contributed by atoms with Crippen molar-refractivity contribution in [2.24, 2.45) is 0 Å². The van der Waals surface area contributed by atoms with E-state index in [4.69, 9.17) is 26.2 Å². The van der Waals surface area contributed by atoms with Crippen LogP contribution in [0.1, 0.15) is 47.9 Å². The summed E-state index contributed by atoms with van der Waals surface area (Å²) in [6.07, 6.45) is -1.48. The van der Waals surface area contributed by atoms with E-state index in [-0.39, 0.29) is 37.1 Å². The number of halogens is 7. The first-order valence-corrected chi connectivity index (χ1v) is 14.9. The first-order chi connectivity index (χ1) is 22.0. The van der Waals surface area contributed by atoms with E-state index < -0.39 is 40.0 Å². The van der Waals surface area contributed by atoms with Gasteiger partial charge in [0.15, 0.2) is 17.4 Å². The summed E-state index contributed by atoms with van der Waals surface area (Å²) >= 11 is 6.15. The average Bonchev–Trinajstić information content (AvgIpc) is 3.87. The van der Waals surface area contributed by atoms with Crippen molar-refractivity contribution >= 4 is 29.6 Å². The highest BCUT2D eigenvalue weighted by molar-refractivity contribution is 6.32. The summed E-state index contributed by atoms with van der Waals surface area (Å²) in [4.78, 5) is 23.8. The quantitative estimate of drug-likeness (QED) is 0.102. The van der Waals surface area contributed by atoms with Gasteiger partial charge in [-0.25, -0.2) is 8.78 Å². The third kappa shape index (κ3) is 8.61. The summed E-state index contributed by atoms with van der Waals surface area (Å²) in [7, 11) is 0. The van der Waals surface area contributed by atoms with Gasteiger partial charge in [0.25, 0.3) is 12.4 Å². The van der Waals surface area contributed by atoms with E-state index in [2.05, 4.69) is 5.32 Å². The molecule has 0 radical (unpaired) electrons. The summed E-state index contributed by atoms with van der Waals surface area (Å²) in [6, 6.07) is 12.8. The summed E-state index contributed by atoms with van der Waals surface area (Å²) in [6.45, 7) is 0.718. The topological polar surface area (TPSA) is 78.9 Å². The highest BCUT2D eigenvalue weighted by Crippen LogP contribution is 2.38. The van der Waals surface area contributed by atoms with Gasteiger partial charge in [0, 0.05) is 24.7 Å². The Morgan fingerprint density at radius 2 is 1.72 bits per heavy atom. The molecule has 1 aliphatic carbocycles. The number of carboxylic acid groups (broad SMARTS) is 1. The maximum Gasteiger partial charge on any atom is 0.417 e. The number of hydrogen-bond donors (Lipinski definition) is 2. The zero-order chi connectivity index (χ0) is 33.4. The molecule has 13 heteroatoms. The van der Waals surface area contributed by atoms with Crippen molar-refractivity contribution in [3.05, 3.63) is 105 Å². The van der Waals surface area contributed by atoms with Crippen LogP contribution in [0.2, 0.25) is 5.02 Å². The van der Waals surface area contributed by atoms with Gasteiger partial charge >= 0.3 is 6.18 Å². The van der Waals surface area contributed by atoms with E-state index >= 15 is 0 Å². The minimum Gasteiger partial charge on any atom is -0.488 e. The number of nitrogens with one attached hydrogen (secondary N) is 1. The molecule has 1 fully saturated rings. The second-order valence-corrected chi connectivity index (χ2v) is 11.1. The molecule has 0 saturated heterocycles. The smallest absolute Gasteiger partial charge is 0.417 e. The number of ether oxygens (including phenoxy) is 1. The molecule has 1 saturated carbocycles. The zero-order valence-corrected chi connectivity index (χ0v) is 25.2. The summed E-state index contributed by atoms with van der Waals surface area (Å²) in [5, 5.41) is 9.73. The zero-order valence-electron chi connectivity index (χ0n) is 24.5. The minimum atomic E-state index is -4.60. The highest BCUT2D eigenvalue weighted by atomic mass is 35.5. The lowest BCUT2D eigenvalue weighted by Gasteiger charge is -2.29. The van der Waals surface area contributed by atoms with Crippen LogP contribution in [-0.2, 0) is 28.7 Å². The van der Waals surface area contributed by atoms with Crippen molar-refractivity contribution in [2.75, 3.05) is 19.7 Å². The van der Waals surface area contributed by atoms with Gasteiger partial charge in [0.2, 0.25) is 5.82 Å². The molecule has 246 valence electrons. The molecule has 1 heterocycles. The van der Waals surface area contributed by atoms with Gasteiger partial charge in [-0.15, -0.1) is 0 Å². The first-order valence-electron chi connectivity index (χ1n) is 14.5. The summed E-state index contributed by atoms with van der Waals surface area (Å²) < 4.78 is 86.3. The fourth-order valence-corrected chi connectivity index (χ4v) is 5.50. The standard InChI is InChI=1S/C32H29ClF6N2O2.CH2O2/c33-28-21(4-1-5-25(28)32(37,38)39)18-41(22-10-11-22)31(42)24-17-40-15-14-23(24)20-8-6-19(7-9-20)3-2-16-43-30-27(35)13-12-26(34)29(30)36;2-1-3/h1,4-9,12-13,22,40H,2-3,10-11,14-18H2;1H,(H,2,3). The van der Waals surface area contributed by atoms with Crippen molar-refractivity contribution < 1.29 is 45.8 Å². The van der Waals surface area contributed by atoms with Gasteiger partial charge in [-0.2, -0.15) is 17.6 Å². The molecule has 5 rings (SSSR count). The van der Waals surface area contributed by atoms with E-state index in [0.29, 0.717) is 44.0 Å². The molecule has 0 atom stereocenters. The fraction of sp³-hybridized carbons (Fsp3) is 0.333. The van der Waals surface area contributed by atoms with E-state index in [1.807, 2.05) is 24.3 Å². The molecule has 0 bridgehead atoms. The number of aryl methyl sites for hydroxylation is 1. The molecule has 2 N–H and O–H groups in total. The second kappa shape index (κ2) is 15.5. The molecule has 0 spiro atoms. The predicted octanol–water partition coefficient (Wildman–Crippen LogP) is 7.43. The molecule has 6 nitrogen and oxygen atoms in total. The van der Waals surface area contributed by atoms with Crippen LogP contribution in [0.15, 0.2) is 60.2 Å². The van der Waals surface area contributed by atoms with Gasteiger partial charge in [0.1, 0.15) is 0 Å². The van der Waals surface area contributed by atoms with Gasteiger partial charge in [-0.1, -0.05) is 48.0 Å². The number of nitrogens with zero attached hydrogens (tertiary/aromatic N) is 1. The molecular weight excluding hydrogens is 638 g/mol. The molecule has 1 amide bonds. The highest BCUT2D eigenvalue weighted by Gasteiger charge is 2.38. The molecular formula is C33H31ClF6N2O4. The van der Waals surface area contributed by atoms with Crippen LogP contribution >= 0.6 is 11.6 Å². The maximum atomic E-state index is 13.9. The Balaban J connectivity index is 0.00000154. The van der Waals surface area contributed by atoms with Crippen LogP contribution < -0.4 is 10.1 Å². The largest absolute Gasteiger partial charge is 0.488 e. The number of rotatable bonds is 10. The van der Waals surface area contributed by atoms with Gasteiger partial charge in [-0.3, -0.25) is 9.59 Å². The number of alkyl halides is 3. The molecule has 3 aromatic carbocycles. The van der Waals surface area contributed by atoms with Gasteiger partial charge in [0.05, 0.1) is 17.2 Å². The van der Waals surface area contributed by atoms with Crippen molar-refractivity contribution in [2.45, 2.75) is 50.9 Å². The van der Waals surface area contributed by atoms with Crippen LogP contribution in [-0.4, -0.2) is 48.1 Å². The van der Waals surface area contributed by atoms with Crippen LogP contribution in [0.5, 0.6) is 5.75 Å². The van der Waals surface area contributed by atoms with E-state index in [9.17, 15) is 31.1 Å². The van der Waals surface area contributed by atoms with Crippen molar-refractivity contribution in [1.29, 1.82) is 0 Å². The Bertz CT molecular complexity index is 1580. The molecule has 0 unspecified atom stereocenters. The van der Waals surface area contributed by atoms with Crippen LogP contribution in [0.3, 0.4) is 0 Å². The predicted molar refractivity (Wildman–Crippen MR) is 160 cm³/mol. The SMILES string of the molecule is O=C(C1=C(c2ccc(CCCOc3c(F)ccc(F)c3F)cc2)CCNC1)N(Cc1cccc(C(F)(F)F)c1Cl)C1CC1.O=CO. The van der Waals surface area contributed by atoms with Crippen LogP contribution in [0.4, 0.5) is 26.3 Å². The third-order valence-electron chi connectivity index (χ3n) is 7.61. The molecule has 2 aliphatic rings. The normalized spacial score (nSPS) is 14.8. The van der Waals surface area contributed by atoms with E-state index in [0.717, 1.165) is 41.7 Å². The van der Waals surface area contributed by atoms with E-state index in [1.54, 1.807) is 4.90 Å². The number of amides is 1. The Morgan fingerprint density at radius 3 is 2.37 bits per heavy atom. The molecule has 1 aliphatic heterocycles. The lowest BCUT2D eigenvalue weighted by Crippen LogP contribution is -2.39. The minimum absolute atomic E-state index is 0.0125. The Kier molecular flexibility index (Phi) is 11.7. The fourth-order valence-electron chi connectivity index (χ4n) is 5.20. The molecule has 46 heavy (non-hydrogen) atoms. The summed E-state index contributed by atoms with van der Waals surface area (Å²) in [5.74, 6) is -4.47. The van der Waals surface area contributed by atoms with Crippen molar-refractivity contribution in [3.63, 3.8) is 0 Å². The van der Waals surface area contributed by atoms with Crippen molar-refractivity contribution in [3.8, 4) is 5.75 Å². The van der Waals surface area contributed by atoms with Gasteiger partial charge < -0.3 is 20.1 Å². The lowest BCUT2D eigenvalue weighted by atomic mass is 9.92. The third-order valence-corrected chi connectivity index (χ3v) is 8.06. The molecule has 3 aromatic rings. The van der Waals surface area contributed by atoms with Crippen molar-refractivity contribution in [1.82, 2.24) is 10.2 Å². The van der Waals surface area contributed by atoms with Crippen LogP contribution in [0.25, 0.3) is 5.57 Å². The average molecular weight is 669 g/mol. The number of hydrogen-bond acceptors (Lipinski definition) is 4. The molecule has 0 aromatic heterocycles. The number of benzene rings is 3. The summed E-state index contributed by atoms with van der Waals surface area (Å²) in [5.41, 5.74) is 2.57. The first kappa shape index (κ1) is 34.8. The van der Waals surface area contributed by atoms with E-state index in [1.165, 1.54) is 12.1 Å². The lowest BCUT2D eigenvalue weighted by molar-refractivity contribution is -0.137. The number of carbonyl (C=O) groups excluding carboxylic acids is 1. The number of carbonyl (C=O) groups is 2. The Labute approximate surface area is 266 Å². The van der Waals surface area contributed by atoms with Gasteiger partial charge in [-0.05, 0) is 79.1 Å². The second-order valence-electron chi connectivity index (χ2n) is 10.8. The maximum absolute atomic E-state index is 13.9.